The third-order valence-electron chi connectivity index (χ3n) is 5.24. The largest absolute Gasteiger partial charge is 0.484 e. The van der Waals surface area contributed by atoms with Crippen LogP contribution in [0.25, 0.3) is 0 Å². The first-order valence-corrected chi connectivity index (χ1v) is 12.4. The van der Waals surface area contributed by atoms with E-state index in [4.69, 9.17) is 16.3 Å². The Morgan fingerprint density at radius 1 is 1.00 bits per heavy atom. The van der Waals surface area contributed by atoms with Gasteiger partial charge >= 0.3 is 0 Å². The number of halogens is 2. The van der Waals surface area contributed by atoms with Crippen molar-refractivity contribution in [1.29, 1.82) is 0 Å². The van der Waals surface area contributed by atoms with Crippen molar-refractivity contribution in [2.24, 2.45) is 0 Å². The van der Waals surface area contributed by atoms with E-state index in [1.807, 2.05) is 61.5 Å². The molecule has 5 nitrogen and oxygen atoms in total. The molecule has 0 aliphatic carbocycles. The fraction of sp³-hybridized carbons (Fsp3) is 0.259. The molecule has 0 bridgehead atoms. The van der Waals surface area contributed by atoms with Gasteiger partial charge in [0.25, 0.3) is 5.91 Å². The number of ether oxygens (including phenoxy) is 1. The predicted octanol–water partition coefficient (Wildman–Crippen LogP) is 5.65. The fourth-order valence-electron chi connectivity index (χ4n) is 3.51. The standard InChI is InChI=1S/C27H28BrClN2O3/c1-2-15-30-27(33)25(17-20-7-4-3-5-8-20)31(18-21-9-6-10-23(29)16-21)26(32)19-34-24-13-11-22(28)12-14-24/h3-14,16,25H,2,15,17-19H2,1H3,(H,30,33)/t25-/m1/s1. The SMILES string of the molecule is CCCNC(=O)[C@@H](Cc1ccccc1)N(Cc1cccc(Cl)c1)C(=O)COc1ccc(Br)cc1. The molecule has 0 saturated carbocycles. The van der Waals surface area contributed by atoms with Crippen LogP contribution in [0.15, 0.2) is 83.3 Å². The van der Waals surface area contributed by atoms with Crippen molar-refractivity contribution < 1.29 is 14.3 Å². The van der Waals surface area contributed by atoms with E-state index in [1.54, 1.807) is 29.2 Å². The van der Waals surface area contributed by atoms with Crippen LogP contribution in [0, 0.1) is 0 Å². The Morgan fingerprint density at radius 2 is 1.71 bits per heavy atom. The molecule has 178 valence electrons. The van der Waals surface area contributed by atoms with Gasteiger partial charge in [-0.15, -0.1) is 0 Å². The van der Waals surface area contributed by atoms with E-state index >= 15 is 0 Å². The van der Waals surface area contributed by atoms with Gasteiger partial charge in [0.1, 0.15) is 11.8 Å². The molecule has 1 N–H and O–H groups in total. The summed E-state index contributed by atoms with van der Waals surface area (Å²) in [5.74, 6) is 0.106. The van der Waals surface area contributed by atoms with Crippen LogP contribution in [0.2, 0.25) is 5.02 Å². The quantitative estimate of drug-likeness (QED) is 0.340. The number of benzene rings is 3. The molecule has 0 fully saturated rings. The molecular weight excluding hydrogens is 516 g/mol. The highest BCUT2D eigenvalue weighted by atomic mass is 79.9. The first kappa shape index (κ1) is 25.8. The van der Waals surface area contributed by atoms with E-state index in [2.05, 4.69) is 21.2 Å². The van der Waals surface area contributed by atoms with E-state index in [9.17, 15) is 9.59 Å². The van der Waals surface area contributed by atoms with Crippen molar-refractivity contribution in [2.45, 2.75) is 32.4 Å². The Kier molecular flexibility index (Phi) is 9.98. The van der Waals surface area contributed by atoms with Crippen molar-refractivity contribution in [3.05, 3.63) is 99.5 Å². The molecule has 0 heterocycles. The molecule has 3 aromatic carbocycles. The molecule has 1 atom stereocenters. The Balaban J connectivity index is 1.88. The Labute approximate surface area is 214 Å². The summed E-state index contributed by atoms with van der Waals surface area (Å²) in [6.45, 7) is 2.58. The van der Waals surface area contributed by atoms with Crippen LogP contribution in [0.3, 0.4) is 0 Å². The number of hydrogen-bond donors (Lipinski definition) is 1. The van der Waals surface area contributed by atoms with Crippen molar-refractivity contribution in [2.75, 3.05) is 13.2 Å². The molecule has 0 aliphatic heterocycles. The molecule has 0 spiro atoms. The van der Waals surface area contributed by atoms with Gasteiger partial charge < -0.3 is 15.0 Å². The Morgan fingerprint density at radius 3 is 2.38 bits per heavy atom. The summed E-state index contributed by atoms with van der Waals surface area (Å²) in [5.41, 5.74) is 1.81. The molecule has 3 rings (SSSR count). The molecule has 0 saturated heterocycles. The van der Waals surface area contributed by atoms with Crippen LogP contribution < -0.4 is 10.1 Å². The molecule has 0 radical (unpaired) electrons. The van der Waals surface area contributed by atoms with E-state index in [-0.39, 0.29) is 25.0 Å². The van der Waals surface area contributed by atoms with Crippen molar-refractivity contribution in [1.82, 2.24) is 10.2 Å². The van der Waals surface area contributed by atoms with Gasteiger partial charge in [-0.2, -0.15) is 0 Å². The van der Waals surface area contributed by atoms with Gasteiger partial charge in [0, 0.05) is 29.0 Å². The van der Waals surface area contributed by atoms with Crippen LogP contribution in [0.1, 0.15) is 24.5 Å². The lowest BCUT2D eigenvalue weighted by Gasteiger charge is -2.31. The highest BCUT2D eigenvalue weighted by molar-refractivity contribution is 9.10. The maximum absolute atomic E-state index is 13.5. The van der Waals surface area contributed by atoms with Crippen LogP contribution in [-0.4, -0.2) is 35.9 Å². The van der Waals surface area contributed by atoms with Gasteiger partial charge in [0.05, 0.1) is 0 Å². The topological polar surface area (TPSA) is 58.6 Å². The zero-order valence-electron chi connectivity index (χ0n) is 19.0. The van der Waals surface area contributed by atoms with Gasteiger partial charge in [-0.25, -0.2) is 0 Å². The highest BCUT2D eigenvalue weighted by Crippen LogP contribution is 2.19. The first-order valence-electron chi connectivity index (χ1n) is 11.2. The minimum absolute atomic E-state index is 0.186. The molecule has 0 aliphatic rings. The summed E-state index contributed by atoms with van der Waals surface area (Å²) in [6.07, 6.45) is 1.19. The lowest BCUT2D eigenvalue weighted by atomic mass is 10.0. The summed E-state index contributed by atoms with van der Waals surface area (Å²) in [6, 6.07) is 23.6. The smallest absolute Gasteiger partial charge is 0.261 e. The molecule has 2 amide bonds. The average Bonchev–Trinajstić information content (AvgIpc) is 2.85. The van der Waals surface area contributed by atoms with Gasteiger partial charge in [0.15, 0.2) is 6.61 Å². The zero-order valence-corrected chi connectivity index (χ0v) is 21.4. The maximum atomic E-state index is 13.5. The second-order valence-corrected chi connectivity index (χ2v) is 9.24. The normalized spacial score (nSPS) is 11.5. The summed E-state index contributed by atoms with van der Waals surface area (Å²) in [4.78, 5) is 28.3. The lowest BCUT2D eigenvalue weighted by Crippen LogP contribution is -2.51. The van der Waals surface area contributed by atoms with E-state index in [0.717, 1.165) is 22.0 Å². The summed E-state index contributed by atoms with van der Waals surface area (Å²) >= 11 is 9.58. The van der Waals surface area contributed by atoms with Crippen LogP contribution >= 0.6 is 27.5 Å². The maximum Gasteiger partial charge on any atom is 0.261 e. The first-order chi connectivity index (χ1) is 16.5. The summed E-state index contributed by atoms with van der Waals surface area (Å²) in [7, 11) is 0. The molecule has 34 heavy (non-hydrogen) atoms. The molecule has 0 aromatic heterocycles. The summed E-state index contributed by atoms with van der Waals surface area (Å²) in [5, 5.41) is 3.54. The van der Waals surface area contributed by atoms with Crippen LogP contribution in [0.5, 0.6) is 5.75 Å². The number of hydrogen-bond acceptors (Lipinski definition) is 3. The number of nitrogens with zero attached hydrogens (tertiary/aromatic N) is 1. The van der Waals surface area contributed by atoms with Crippen molar-refractivity contribution >= 4 is 39.3 Å². The molecule has 7 heteroatoms. The van der Waals surface area contributed by atoms with Gasteiger partial charge in [-0.05, 0) is 53.9 Å². The number of rotatable bonds is 11. The third kappa shape index (κ3) is 7.89. The van der Waals surface area contributed by atoms with E-state index < -0.39 is 6.04 Å². The van der Waals surface area contributed by atoms with Gasteiger partial charge in [-0.3, -0.25) is 9.59 Å². The average molecular weight is 544 g/mol. The minimum Gasteiger partial charge on any atom is -0.484 e. The monoisotopic (exact) mass is 542 g/mol. The predicted molar refractivity (Wildman–Crippen MR) is 139 cm³/mol. The minimum atomic E-state index is -0.700. The Bertz CT molecular complexity index is 1080. The second kappa shape index (κ2) is 13.2. The second-order valence-electron chi connectivity index (χ2n) is 7.89. The number of amides is 2. The fourth-order valence-corrected chi connectivity index (χ4v) is 3.99. The highest BCUT2D eigenvalue weighted by Gasteiger charge is 2.30. The van der Waals surface area contributed by atoms with Gasteiger partial charge in [0.2, 0.25) is 5.91 Å². The van der Waals surface area contributed by atoms with E-state index in [1.165, 1.54) is 0 Å². The van der Waals surface area contributed by atoms with Crippen LogP contribution in [-0.2, 0) is 22.6 Å². The molecule has 0 unspecified atom stereocenters. The zero-order chi connectivity index (χ0) is 24.3. The molecule has 3 aromatic rings. The number of nitrogens with one attached hydrogen (secondary N) is 1. The van der Waals surface area contributed by atoms with Crippen molar-refractivity contribution in [3.8, 4) is 5.75 Å². The summed E-state index contributed by atoms with van der Waals surface area (Å²) < 4.78 is 6.68. The third-order valence-corrected chi connectivity index (χ3v) is 6.00. The van der Waals surface area contributed by atoms with Gasteiger partial charge in [-0.1, -0.05) is 76.9 Å². The van der Waals surface area contributed by atoms with Crippen molar-refractivity contribution in [3.63, 3.8) is 0 Å². The number of carbonyl (C=O) groups is 2. The molecular formula is C27H28BrClN2O3. The lowest BCUT2D eigenvalue weighted by molar-refractivity contribution is -0.142. The number of carbonyl (C=O) groups excluding carboxylic acids is 2. The van der Waals surface area contributed by atoms with Crippen LogP contribution in [0.4, 0.5) is 0 Å². The van der Waals surface area contributed by atoms with E-state index in [0.29, 0.717) is 23.7 Å². The Hall–Kier alpha value is -2.83.